The van der Waals surface area contributed by atoms with Crippen LogP contribution in [0.4, 0.5) is 0 Å². The summed E-state index contributed by atoms with van der Waals surface area (Å²) in [5.41, 5.74) is -0.898. The van der Waals surface area contributed by atoms with Crippen LogP contribution in [0.5, 0.6) is 0 Å². The van der Waals surface area contributed by atoms with Gasteiger partial charge in [-0.3, -0.25) is 9.59 Å². The van der Waals surface area contributed by atoms with E-state index < -0.39 is 17.6 Å². The van der Waals surface area contributed by atoms with Crippen molar-refractivity contribution in [2.45, 2.75) is 38.3 Å². The highest BCUT2D eigenvalue weighted by atomic mass is 16.4. The van der Waals surface area contributed by atoms with Gasteiger partial charge in [0.05, 0.1) is 6.54 Å². The monoisotopic (exact) mass is 240 g/mol. The van der Waals surface area contributed by atoms with Crippen LogP contribution in [-0.4, -0.2) is 45.9 Å². The van der Waals surface area contributed by atoms with Gasteiger partial charge in [-0.25, -0.2) is 4.79 Å². The molecule has 0 aromatic carbocycles. The number of hydrogen-bond donors (Lipinski definition) is 2. The highest BCUT2D eigenvalue weighted by Crippen LogP contribution is 2.39. The van der Waals surface area contributed by atoms with Gasteiger partial charge in [-0.05, 0) is 12.8 Å². The molecule has 94 valence electrons. The van der Waals surface area contributed by atoms with Crippen molar-refractivity contribution in [1.82, 2.24) is 10.2 Å². The van der Waals surface area contributed by atoms with Crippen molar-refractivity contribution in [1.29, 1.82) is 0 Å². The zero-order valence-corrected chi connectivity index (χ0v) is 9.90. The van der Waals surface area contributed by atoms with Gasteiger partial charge in [-0.1, -0.05) is 13.8 Å². The molecule has 2 N–H and O–H groups in total. The number of nitrogens with one attached hydrogen (secondary N) is 1. The maximum atomic E-state index is 12.1. The van der Waals surface area contributed by atoms with Crippen molar-refractivity contribution in [2.24, 2.45) is 5.92 Å². The fourth-order valence-corrected chi connectivity index (χ4v) is 2.56. The quantitative estimate of drug-likeness (QED) is 0.642. The van der Waals surface area contributed by atoms with Gasteiger partial charge in [-0.15, -0.1) is 0 Å². The van der Waals surface area contributed by atoms with E-state index >= 15 is 0 Å². The first-order chi connectivity index (χ1) is 7.90. The fourth-order valence-electron chi connectivity index (χ4n) is 2.56. The van der Waals surface area contributed by atoms with Crippen LogP contribution in [0, 0.1) is 5.92 Å². The van der Waals surface area contributed by atoms with Gasteiger partial charge in [0.15, 0.2) is 0 Å². The highest BCUT2D eigenvalue weighted by molar-refractivity contribution is 5.99. The minimum Gasteiger partial charge on any atom is -0.480 e. The zero-order valence-electron chi connectivity index (χ0n) is 9.90. The van der Waals surface area contributed by atoms with Crippen LogP contribution < -0.4 is 5.32 Å². The molecule has 0 bridgehead atoms. The summed E-state index contributed by atoms with van der Waals surface area (Å²) in [6.45, 7) is 3.79. The number of nitrogens with zero attached hydrogens (tertiary/aromatic N) is 1. The standard InChI is InChI=1S/C11H16N2O4/c1-6(2)8(14)13-7(9(15)16)3-4-11(13)5-12-10(11)17/h6-7H,3-5H2,1-2H3,(H,12,17)(H,15,16). The molecule has 6 nitrogen and oxygen atoms in total. The second kappa shape index (κ2) is 3.72. The topological polar surface area (TPSA) is 86.7 Å². The molecule has 17 heavy (non-hydrogen) atoms. The first-order valence-electron chi connectivity index (χ1n) is 5.74. The number of amides is 2. The molecule has 2 fully saturated rings. The molecule has 0 aliphatic carbocycles. The number of carboxylic acid groups (broad SMARTS) is 1. The average molecular weight is 240 g/mol. The van der Waals surface area contributed by atoms with E-state index in [1.54, 1.807) is 13.8 Å². The second-order valence-electron chi connectivity index (χ2n) is 4.97. The summed E-state index contributed by atoms with van der Waals surface area (Å²) < 4.78 is 0. The van der Waals surface area contributed by atoms with Gasteiger partial charge in [0.1, 0.15) is 11.6 Å². The number of β-lactam (4-membered cyclic amide) rings is 1. The predicted octanol–water partition coefficient (Wildman–Crippen LogP) is -0.413. The van der Waals surface area contributed by atoms with Crippen molar-refractivity contribution in [3.8, 4) is 0 Å². The first kappa shape index (κ1) is 11.9. The first-order valence-corrected chi connectivity index (χ1v) is 5.74. The van der Waals surface area contributed by atoms with Crippen LogP contribution in [0.2, 0.25) is 0 Å². The molecule has 0 radical (unpaired) electrons. The maximum Gasteiger partial charge on any atom is 0.326 e. The number of likely N-dealkylation sites (tertiary alicyclic amines) is 1. The molecular formula is C11H16N2O4. The molecule has 2 atom stereocenters. The molecule has 2 aliphatic rings. The Kier molecular flexibility index (Phi) is 2.60. The summed E-state index contributed by atoms with van der Waals surface area (Å²) >= 11 is 0. The Labute approximate surface area is 99.0 Å². The van der Waals surface area contributed by atoms with E-state index in [1.165, 1.54) is 4.90 Å². The molecule has 6 heteroatoms. The molecule has 2 heterocycles. The lowest BCUT2D eigenvalue weighted by Gasteiger charge is -2.45. The van der Waals surface area contributed by atoms with Crippen molar-refractivity contribution in [3.63, 3.8) is 0 Å². The summed E-state index contributed by atoms with van der Waals surface area (Å²) in [5.74, 6) is -1.82. The van der Waals surface area contributed by atoms with Gasteiger partial charge < -0.3 is 15.3 Å². The molecule has 1 spiro atoms. The van der Waals surface area contributed by atoms with Gasteiger partial charge >= 0.3 is 5.97 Å². The normalized spacial score (nSPS) is 31.6. The summed E-state index contributed by atoms with van der Waals surface area (Å²) in [5, 5.41) is 11.7. The third-order valence-electron chi connectivity index (χ3n) is 3.58. The Hall–Kier alpha value is -1.59. The Morgan fingerprint density at radius 3 is 2.53 bits per heavy atom. The van der Waals surface area contributed by atoms with Gasteiger partial charge in [-0.2, -0.15) is 0 Å². The van der Waals surface area contributed by atoms with Crippen molar-refractivity contribution >= 4 is 17.8 Å². The summed E-state index contributed by atoms with van der Waals surface area (Å²) in [6, 6.07) is -0.865. The molecule has 2 saturated heterocycles. The smallest absolute Gasteiger partial charge is 0.326 e. The number of carbonyl (C=O) groups excluding carboxylic acids is 2. The Morgan fingerprint density at radius 1 is 1.53 bits per heavy atom. The minimum atomic E-state index is -1.03. The van der Waals surface area contributed by atoms with Crippen LogP contribution in [0.3, 0.4) is 0 Å². The molecule has 2 amide bonds. The minimum absolute atomic E-state index is 0.227. The highest BCUT2D eigenvalue weighted by Gasteiger charge is 2.60. The average Bonchev–Trinajstić information content (AvgIpc) is 2.67. The number of rotatable bonds is 2. The van der Waals surface area contributed by atoms with Crippen LogP contribution in [-0.2, 0) is 14.4 Å². The van der Waals surface area contributed by atoms with E-state index in [0.717, 1.165) is 0 Å². The van der Waals surface area contributed by atoms with E-state index in [9.17, 15) is 14.4 Å². The molecule has 2 unspecified atom stereocenters. The van der Waals surface area contributed by atoms with E-state index in [1.807, 2.05) is 0 Å². The van der Waals surface area contributed by atoms with Crippen LogP contribution in [0.1, 0.15) is 26.7 Å². The third kappa shape index (κ3) is 1.50. The largest absolute Gasteiger partial charge is 0.480 e. The molecule has 0 aromatic heterocycles. The SMILES string of the molecule is CC(C)C(=O)N1C(C(=O)O)CCC12CNC2=O. The lowest BCUT2D eigenvalue weighted by molar-refractivity contribution is -0.162. The van der Waals surface area contributed by atoms with Crippen molar-refractivity contribution in [2.75, 3.05) is 6.54 Å². The zero-order chi connectivity index (χ0) is 12.8. The summed E-state index contributed by atoms with van der Waals surface area (Å²) in [6.07, 6.45) is 0.787. The van der Waals surface area contributed by atoms with Crippen LogP contribution >= 0.6 is 0 Å². The Bertz CT molecular complexity index is 393. The fraction of sp³-hybridized carbons (Fsp3) is 0.727. The number of hydrogen-bond acceptors (Lipinski definition) is 3. The number of carboxylic acids is 1. The van der Waals surface area contributed by atoms with E-state index in [2.05, 4.69) is 5.32 Å². The Balaban J connectivity index is 2.34. The van der Waals surface area contributed by atoms with Gasteiger partial charge in [0.2, 0.25) is 11.8 Å². The van der Waals surface area contributed by atoms with Gasteiger partial charge in [0.25, 0.3) is 0 Å². The lowest BCUT2D eigenvalue weighted by atomic mass is 9.87. The molecular weight excluding hydrogens is 224 g/mol. The van der Waals surface area contributed by atoms with Crippen LogP contribution in [0.25, 0.3) is 0 Å². The van der Waals surface area contributed by atoms with Crippen molar-refractivity contribution in [3.05, 3.63) is 0 Å². The van der Waals surface area contributed by atoms with E-state index in [-0.39, 0.29) is 17.7 Å². The third-order valence-corrected chi connectivity index (χ3v) is 3.58. The second-order valence-corrected chi connectivity index (χ2v) is 4.97. The molecule has 2 aliphatic heterocycles. The van der Waals surface area contributed by atoms with Crippen molar-refractivity contribution < 1.29 is 19.5 Å². The maximum absolute atomic E-state index is 12.1. The lowest BCUT2D eigenvalue weighted by Crippen LogP contribution is -2.73. The van der Waals surface area contributed by atoms with E-state index in [0.29, 0.717) is 19.4 Å². The van der Waals surface area contributed by atoms with E-state index in [4.69, 9.17) is 5.11 Å². The Morgan fingerprint density at radius 2 is 2.18 bits per heavy atom. The molecule has 0 saturated carbocycles. The molecule has 0 aromatic rings. The predicted molar refractivity (Wildman–Crippen MR) is 58.1 cm³/mol. The number of carbonyl (C=O) groups is 3. The molecule has 2 rings (SSSR count). The van der Waals surface area contributed by atoms with Crippen LogP contribution in [0.15, 0.2) is 0 Å². The summed E-state index contributed by atoms with van der Waals surface area (Å²) in [7, 11) is 0. The summed E-state index contributed by atoms with van der Waals surface area (Å²) in [4.78, 5) is 36.2. The van der Waals surface area contributed by atoms with Gasteiger partial charge in [0, 0.05) is 5.92 Å². The number of aliphatic carboxylic acids is 1.